The van der Waals surface area contributed by atoms with Crippen molar-refractivity contribution in [1.29, 1.82) is 0 Å². The second kappa shape index (κ2) is 7.22. The average molecular weight is 348 g/mol. The third-order valence-electron chi connectivity index (χ3n) is 2.57. The zero-order chi connectivity index (χ0) is 10.6. The fraction of sp³-hybridized carbons (Fsp3) is 0.909. The zero-order valence-corrected chi connectivity index (χ0v) is 12.1. The van der Waals surface area contributed by atoms with E-state index in [-0.39, 0.29) is 50.1 Å². The predicted molar refractivity (Wildman–Crippen MR) is 58.3 cm³/mol. The molecule has 2 nitrogen and oxygen atoms in total. The van der Waals surface area contributed by atoms with E-state index in [1.807, 2.05) is 41.5 Å². The van der Waals surface area contributed by atoms with Crippen molar-refractivity contribution in [3.63, 3.8) is 0 Å². The van der Waals surface area contributed by atoms with E-state index < -0.39 is 5.60 Å². The molecule has 0 aromatic carbocycles. The summed E-state index contributed by atoms with van der Waals surface area (Å²) < 4.78 is 0. The fourth-order valence-electron chi connectivity index (χ4n) is 1.58. The normalized spacial score (nSPS) is 16.8. The maximum atomic E-state index is 10.3. The molecule has 3 heteroatoms. The van der Waals surface area contributed by atoms with Crippen LogP contribution in [0.25, 0.3) is 0 Å². The molecule has 0 saturated heterocycles. The van der Waals surface area contributed by atoms with Crippen LogP contribution in [-0.2, 0) is 0 Å². The topological polar surface area (TPSA) is 32.6 Å². The summed E-state index contributed by atoms with van der Waals surface area (Å²) in [4.78, 5) is 4.41. The van der Waals surface area contributed by atoms with Crippen molar-refractivity contribution in [2.45, 2.75) is 59.6 Å². The Labute approximate surface area is 119 Å². The van der Waals surface area contributed by atoms with Crippen LogP contribution in [0.3, 0.4) is 0 Å². The minimum absolute atomic E-state index is 0. The zero-order valence-electron chi connectivity index (χ0n) is 10.1. The summed E-state index contributed by atoms with van der Waals surface area (Å²) in [5.74, 6) is 0.222. The number of hydrogen-bond acceptors (Lipinski definition) is 2. The molecule has 0 bridgehead atoms. The summed E-state index contributed by atoms with van der Waals surface area (Å²) >= 11 is 0. The van der Waals surface area contributed by atoms with Crippen LogP contribution < -0.4 is 0 Å². The molecule has 1 N–H and O–H groups in total. The minimum atomic E-state index is -0.718. The molecule has 88 valence electrons. The van der Waals surface area contributed by atoms with E-state index in [0.717, 1.165) is 12.1 Å². The van der Waals surface area contributed by atoms with E-state index in [4.69, 9.17) is 0 Å². The Hall–Kier alpha value is 0.903. The molecular weight excluding hydrogens is 325 g/mol. The SMILES string of the molecule is CCC(O)(C(C)=NC(C)C)C(C)C.[Dy]. The van der Waals surface area contributed by atoms with Crippen LogP contribution in [0.15, 0.2) is 4.99 Å². The summed E-state index contributed by atoms with van der Waals surface area (Å²) in [6.07, 6.45) is 0.729. The minimum Gasteiger partial charge on any atom is -0.384 e. The van der Waals surface area contributed by atoms with Crippen molar-refractivity contribution in [3.05, 3.63) is 0 Å². The second-order valence-electron chi connectivity index (χ2n) is 4.24. The smallest absolute Gasteiger partial charge is 0.104 e. The van der Waals surface area contributed by atoms with Gasteiger partial charge in [0, 0.05) is 49.9 Å². The first-order chi connectivity index (χ1) is 5.84. The number of aliphatic imine (C=N–C) groups is 1. The van der Waals surface area contributed by atoms with Crippen LogP contribution in [0, 0.1) is 44.1 Å². The predicted octanol–water partition coefficient (Wildman–Crippen LogP) is 2.65. The van der Waals surface area contributed by atoms with Crippen LogP contribution in [0.5, 0.6) is 0 Å². The Morgan fingerprint density at radius 3 is 1.93 bits per heavy atom. The number of nitrogens with zero attached hydrogens (tertiary/aromatic N) is 1. The van der Waals surface area contributed by atoms with Gasteiger partial charge in [-0.3, -0.25) is 4.99 Å². The van der Waals surface area contributed by atoms with Gasteiger partial charge in [-0.15, -0.1) is 0 Å². The molecule has 0 radical (unpaired) electrons. The Kier molecular flexibility index (Phi) is 8.92. The largest absolute Gasteiger partial charge is 0.384 e. The summed E-state index contributed by atoms with van der Waals surface area (Å²) in [6.45, 7) is 12.0. The molecule has 1 atom stereocenters. The molecule has 0 aliphatic heterocycles. The third-order valence-corrected chi connectivity index (χ3v) is 2.57. The quantitative estimate of drug-likeness (QED) is 0.779. The van der Waals surface area contributed by atoms with Crippen LogP contribution in [-0.4, -0.2) is 22.5 Å². The Morgan fingerprint density at radius 1 is 1.29 bits per heavy atom. The van der Waals surface area contributed by atoms with E-state index in [9.17, 15) is 5.11 Å². The van der Waals surface area contributed by atoms with Crippen molar-refractivity contribution in [2.75, 3.05) is 0 Å². The summed E-state index contributed by atoms with van der Waals surface area (Å²) in [5, 5.41) is 10.3. The monoisotopic (exact) mass is 349 g/mol. The van der Waals surface area contributed by atoms with Gasteiger partial charge < -0.3 is 5.11 Å². The van der Waals surface area contributed by atoms with Gasteiger partial charge in [-0.05, 0) is 33.1 Å². The molecule has 0 amide bonds. The van der Waals surface area contributed by atoms with Crippen LogP contribution in [0.1, 0.15) is 48.0 Å². The van der Waals surface area contributed by atoms with Gasteiger partial charge in [-0.1, -0.05) is 20.8 Å². The summed E-state index contributed by atoms with van der Waals surface area (Å²) in [7, 11) is 0. The van der Waals surface area contributed by atoms with Crippen LogP contribution in [0.4, 0.5) is 0 Å². The Morgan fingerprint density at radius 2 is 1.71 bits per heavy atom. The van der Waals surface area contributed by atoms with Crippen molar-refractivity contribution >= 4 is 5.71 Å². The first kappa shape index (κ1) is 17.3. The van der Waals surface area contributed by atoms with E-state index in [1.54, 1.807) is 0 Å². The molecule has 0 aromatic rings. The van der Waals surface area contributed by atoms with Crippen molar-refractivity contribution in [3.8, 4) is 0 Å². The molecule has 14 heavy (non-hydrogen) atoms. The summed E-state index contributed by atoms with van der Waals surface area (Å²) in [6, 6.07) is 0.261. The molecule has 0 spiro atoms. The van der Waals surface area contributed by atoms with Crippen molar-refractivity contribution < 1.29 is 43.3 Å². The average Bonchev–Trinajstić information content (AvgIpc) is 2.01. The van der Waals surface area contributed by atoms with Gasteiger partial charge in [0.15, 0.2) is 0 Å². The third kappa shape index (κ3) is 4.61. The van der Waals surface area contributed by atoms with Gasteiger partial charge in [-0.2, -0.15) is 0 Å². The molecule has 0 saturated carbocycles. The van der Waals surface area contributed by atoms with Gasteiger partial charge in [0.25, 0.3) is 0 Å². The second-order valence-corrected chi connectivity index (χ2v) is 4.24. The molecule has 0 aliphatic rings. The molecule has 0 heterocycles. The summed E-state index contributed by atoms with van der Waals surface area (Å²) in [5.41, 5.74) is 0.143. The van der Waals surface area contributed by atoms with Crippen molar-refractivity contribution in [1.82, 2.24) is 0 Å². The van der Waals surface area contributed by atoms with Gasteiger partial charge in [0.2, 0.25) is 0 Å². The number of rotatable bonds is 4. The van der Waals surface area contributed by atoms with E-state index in [1.165, 1.54) is 0 Å². The van der Waals surface area contributed by atoms with Gasteiger partial charge in [0.1, 0.15) is 5.60 Å². The van der Waals surface area contributed by atoms with Crippen molar-refractivity contribution in [2.24, 2.45) is 10.9 Å². The molecule has 0 aliphatic carbocycles. The van der Waals surface area contributed by atoms with E-state index in [2.05, 4.69) is 4.99 Å². The number of aliphatic hydroxyl groups is 1. The van der Waals surface area contributed by atoms with Gasteiger partial charge in [-0.25, -0.2) is 0 Å². The molecule has 0 aromatic heterocycles. The maximum absolute atomic E-state index is 10.3. The fourth-order valence-corrected chi connectivity index (χ4v) is 1.58. The standard InChI is InChI=1S/C11H23NO.Dy/c1-7-11(13,8(2)3)10(6)12-9(4)5;/h8-9,13H,7H2,1-6H3;. The van der Waals surface area contributed by atoms with E-state index in [0.29, 0.717) is 0 Å². The van der Waals surface area contributed by atoms with Gasteiger partial charge >= 0.3 is 0 Å². The van der Waals surface area contributed by atoms with Crippen LogP contribution >= 0.6 is 0 Å². The Bertz CT molecular complexity index is 190. The first-order valence-corrected chi connectivity index (χ1v) is 5.11. The molecule has 0 rings (SSSR count). The molecule has 0 fully saturated rings. The Balaban J connectivity index is 0. The maximum Gasteiger partial charge on any atom is 0.104 e. The molecular formula is C11H23DyNO. The van der Waals surface area contributed by atoms with Gasteiger partial charge in [0.05, 0.1) is 0 Å². The van der Waals surface area contributed by atoms with E-state index >= 15 is 0 Å². The number of hydrogen-bond donors (Lipinski definition) is 1. The van der Waals surface area contributed by atoms with Crippen LogP contribution in [0.2, 0.25) is 0 Å². The molecule has 1 unspecified atom stereocenters. The first-order valence-electron chi connectivity index (χ1n) is 5.11.